The van der Waals surface area contributed by atoms with Gasteiger partial charge in [-0.15, -0.1) is 0 Å². The molecule has 1 saturated heterocycles. The number of methoxy groups -OCH3 is 2. The summed E-state index contributed by atoms with van der Waals surface area (Å²) in [6, 6.07) is 8.21. The lowest BCUT2D eigenvalue weighted by atomic mass is 10.2. The fourth-order valence-corrected chi connectivity index (χ4v) is 3.29. The zero-order valence-electron chi connectivity index (χ0n) is 15.5. The van der Waals surface area contributed by atoms with Crippen LogP contribution in [0, 0.1) is 6.92 Å². The van der Waals surface area contributed by atoms with Gasteiger partial charge in [0.2, 0.25) is 0 Å². The molecule has 1 aromatic carbocycles. The standard InChI is InChI=1S/C19H26N4O3/c1-13-6-18(22-19(12-24)20-13)21-15-4-5-23(11-15)10-14-7-16(25-2)9-17(8-14)26-3/h6-9,15,24H,4-5,10-12H2,1-3H3,(H,20,21,22). The summed E-state index contributed by atoms with van der Waals surface area (Å²) in [5, 5.41) is 12.7. The Bertz CT molecular complexity index is 731. The molecular formula is C19H26N4O3. The van der Waals surface area contributed by atoms with E-state index in [4.69, 9.17) is 9.47 Å². The van der Waals surface area contributed by atoms with Gasteiger partial charge in [0, 0.05) is 43.5 Å². The topological polar surface area (TPSA) is 79.7 Å². The number of aliphatic hydroxyl groups is 1. The maximum absolute atomic E-state index is 9.26. The number of aryl methyl sites for hydroxylation is 1. The van der Waals surface area contributed by atoms with Crippen molar-refractivity contribution in [1.29, 1.82) is 0 Å². The van der Waals surface area contributed by atoms with Crippen LogP contribution in [-0.2, 0) is 13.2 Å². The highest BCUT2D eigenvalue weighted by Crippen LogP contribution is 2.25. The number of aliphatic hydroxyl groups excluding tert-OH is 1. The Hall–Kier alpha value is -2.38. The molecule has 1 fully saturated rings. The number of hydrogen-bond donors (Lipinski definition) is 2. The average molecular weight is 358 g/mol. The molecule has 0 aliphatic carbocycles. The third-order valence-electron chi connectivity index (χ3n) is 4.48. The summed E-state index contributed by atoms with van der Waals surface area (Å²) in [5.74, 6) is 2.84. The molecule has 1 aliphatic rings. The Morgan fingerprint density at radius 3 is 2.54 bits per heavy atom. The molecule has 2 aromatic rings. The Morgan fingerprint density at radius 2 is 1.88 bits per heavy atom. The largest absolute Gasteiger partial charge is 0.497 e. The van der Waals surface area contributed by atoms with Crippen LogP contribution in [0.5, 0.6) is 11.5 Å². The summed E-state index contributed by atoms with van der Waals surface area (Å²) in [6.45, 7) is 4.54. The summed E-state index contributed by atoms with van der Waals surface area (Å²) in [5.41, 5.74) is 2.02. The SMILES string of the molecule is COc1cc(CN2CCC(Nc3cc(C)nc(CO)n3)C2)cc(OC)c1. The molecule has 1 unspecified atom stereocenters. The first-order valence-electron chi connectivity index (χ1n) is 8.76. The fourth-order valence-electron chi connectivity index (χ4n) is 3.29. The number of ether oxygens (including phenoxy) is 2. The van der Waals surface area contributed by atoms with Gasteiger partial charge in [0.25, 0.3) is 0 Å². The molecule has 0 radical (unpaired) electrons. The predicted octanol–water partition coefficient (Wildman–Crippen LogP) is 1.98. The fraction of sp³-hybridized carbons (Fsp3) is 0.474. The van der Waals surface area contributed by atoms with Crippen LogP contribution >= 0.6 is 0 Å². The van der Waals surface area contributed by atoms with Crippen molar-refractivity contribution >= 4 is 5.82 Å². The van der Waals surface area contributed by atoms with Gasteiger partial charge in [-0.25, -0.2) is 9.97 Å². The minimum atomic E-state index is -0.148. The molecular weight excluding hydrogens is 332 g/mol. The number of nitrogens with one attached hydrogen (secondary N) is 1. The second-order valence-corrected chi connectivity index (χ2v) is 6.55. The van der Waals surface area contributed by atoms with Crippen molar-refractivity contribution in [2.45, 2.75) is 32.5 Å². The molecule has 2 heterocycles. The van der Waals surface area contributed by atoms with Crippen LogP contribution in [0.15, 0.2) is 24.3 Å². The zero-order valence-corrected chi connectivity index (χ0v) is 15.5. The number of aromatic nitrogens is 2. The smallest absolute Gasteiger partial charge is 0.156 e. The van der Waals surface area contributed by atoms with E-state index in [1.165, 1.54) is 5.56 Å². The minimum Gasteiger partial charge on any atom is -0.497 e. The van der Waals surface area contributed by atoms with E-state index in [0.29, 0.717) is 11.9 Å². The van der Waals surface area contributed by atoms with E-state index in [9.17, 15) is 5.11 Å². The van der Waals surface area contributed by atoms with Gasteiger partial charge in [0.05, 0.1) is 14.2 Å². The predicted molar refractivity (Wildman–Crippen MR) is 99.5 cm³/mol. The molecule has 1 atom stereocenters. The molecule has 140 valence electrons. The lowest BCUT2D eigenvalue weighted by Gasteiger charge is -2.18. The van der Waals surface area contributed by atoms with Crippen LogP contribution in [0.4, 0.5) is 5.82 Å². The van der Waals surface area contributed by atoms with E-state index in [-0.39, 0.29) is 6.61 Å². The van der Waals surface area contributed by atoms with Crippen molar-refractivity contribution in [2.24, 2.45) is 0 Å². The molecule has 7 heteroatoms. The summed E-state index contributed by atoms with van der Waals surface area (Å²) in [4.78, 5) is 10.9. The second kappa shape index (κ2) is 8.33. The number of nitrogens with zero attached hydrogens (tertiary/aromatic N) is 3. The molecule has 1 aromatic heterocycles. The van der Waals surface area contributed by atoms with E-state index in [2.05, 4.69) is 20.2 Å². The van der Waals surface area contributed by atoms with Crippen molar-refractivity contribution in [3.05, 3.63) is 41.3 Å². The van der Waals surface area contributed by atoms with Crippen molar-refractivity contribution in [2.75, 3.05) is 32.6 Å². The summed E-state index contributed by atoms with van der Waals surface area (Å²) < 4.78 is 10.7. The van der Waals surface area contributed by atoms with Gasteiger partial charge in [-0.05, 0) is 31.0 Å². The summed E-state index contributed by atoms with van der Waals surface area (Å²) in [6.07, 6.45) is 1.04. The number of anilines is 1. The Labute approximate surface area is 154 Å². The van der Waals surface area contributed by atoms with Crippen LogP contribution < -0.4 is 14.8 Å². The highest BCUT2D eigenvalue weighted by molar-refractivity contribution is 5.39. The first-order chi connectivity index (χ1) is 12.6. The quantitative estimate of drug-likeness (QED) is 0.783. The maximum Gasteiger partial charge on any atom is 0.156 e. The highest BCUT2D eigenvalue weighted by atomic mass is 16.5. The molecule has 7 nitrogen and oxygen atoms in total. The first kappa shape index (κ1) is 18.4. The molecule has 26 heavy (non-hydrogen) atoms. The van der Waals surface area contributed by atoms with Crippen LogP contribution in [0.2, 0.25) is 0 Å². The lowest BCUT2D eigenvalue weighted by Crippen LogP contribution is -2.26. The Morgan fingerprint density at radius 1 is 1.15 bits per heavy atom. The van der Waals surface area contributed by atoms with E-state index in [0.717, 1.165) is 49.1 Å². The molecule has 0 amide bonds. The van der Waals surface area contributed by atoms with Gasteiger partial charge in [-0.1, -0.05) is 0 Å². The molecule has 0 spiro atoms. The molecule has 2 N–H and O–H groups in total. The first-order valence-corrected chi connectivity index (χ1v) is 8.76. The van der Waals surface area contributed by atoms with Crippen molar-refractivity contribution in [3.63, 3.8) is 0 Å². The third kappa shape index (κ3) is 4.62. The summed E-state index contributed by atoms with van der Waals surface area (Å²) in [7, 11) is 3.33. The average Bonchev–Trinajstić information content (AvgIpc) is 3.07. The highest BCUT2D eigenvalue weighted by Gasteiger charge is 2.23. The van der Waals surface area contributed by atoms with Crippen molar-refractivity contribution in [3.8, 4) is 11.5 Å². The van der Waals surface area contributed by atoms with Crippen LogP contribution in [-0.4, -0.2) is 53.3 Å². The van der Waals surface area contributed by atoms with Gasteiger partial charge in [-0.3, -0.25) is 4.90 Å². The van der Waals surface area contributed by atoms with Crippen LogP contribution in [0.3, 0.4) is 0 Å². The van der Waals surface area contributed by atoms with E-state index in [1.54, 1.807) is 14.2 Å². The number of rotatable bonds is 7. The number of likely N-dealkylation sites (tertiary alicyclic amines) is 1. The van der Waals surface area contributed by atoms with Gasteiger partial charge in [-0.2, -0.15) is 0 Å². The Kier molecular flexibility index (Phi) is 5.90. The second-order valence-electron chi connectivity index (χ2n) is 6.55. The summed E-state index contributed by atoms with van der Waals surface area (Å²) >= 11 is 0. The van der Waals surface area contributed by atoms with Crippen molar-refractivity contribution < 1.29 is 14.6 Å². The van der Waals surface area contributed by atoms with E-state index >= 15 is 0 Å². The van der Waals surface area contributed by atoms with Gasteiger partial charge in [0.15, 0.2) is 5.82 Å². The maximum atomic E-state index is 9.26. The number of benzene rings is 1. The molecule has 1 aliphatic heterocycles. The van der Waals surface area contributed by atoms with E-state index in [1.807, 2.05) is 31.2 Å². The normalized spacial score (nSPS) is 17.3. The number of hydrogen-bond acceptors (Lipinski definition) is 7. The minimum absolute atomic E-state index is 0.148. The van der Waals surface area contributed by atoms with Crippen LogP contribution in [0.25, 0.3) is 0 Å². The van der Waals surface area contributed by atoms with Gasteiger partial charge in [0.1, 0.15) is 23.9 Å². The van der Waals surface area contributed by atoms with Gasteiger partial charge >= 0.3 is 0 Å². The van der Waals surface area contributed by atoms with Gasteiger partial charge < -0.3 is 19.9 Å². The van der Waals surface area contributed by atoms with Crippen LogP contribution in [0.1, 0.15) is 23.5 Å². The van der Waals surface area contributed by atoms with E-state index < -0.39 is 0 Å². The Balaban J connectivity index is 1.61. The molecule has 0 bridgehead atoms. The third-order valence-corrected chi connectivity index (χ3v) is 4.48. The van der Waals surface area contributed by atoms with Crippen molar-refractivity contribution in [1.82, 2.24) is 14.9 Å². The molecule has 0 saturated carbocycles. The zero-order chi connectivity index (χ0) is 18.5. The lowest BCUT2D eigenvalue weighted by molar-refractivity contribution is 0.271. The molecule has 3 rings (SSSR count). The monoisotopic (exact) mass is 358 g/mol.